The SMILES string of the molecule is CC[C@@]12CO[C@@H](C1OC)[C@H](n1cc(C)c(=O)[nH]c1=O)O2. The summed E-state index contributed by atoms with van der Waals surface area (Å²) in [6.07, 6.45) is 1.11. The van der Waals surface area contributed by atoms with E-state index in [1.54, 1.807) is 14.0 Å². The van der Waals surface area contributed by atoms with E-state index < -0.39 is 17.5 Å². The average molecular weight is 282 g/mol. The Morgan fingerprint density at radius 3 is 2.90 bits per heavy atom. The lowest BCUT2D eigenvalue weighted by molar-refractivity contribution is -0.176. The van der Waals surface area contributed by atoms with Gasteiger partial charge in [-0.3, -0.25) is 14.3 Å². The Bertz CT molecular complexity index is 636. The van der Waals surface area contributed by atoms with Crippen molar-refractivity contribution in [2.75, 3.05) is 13.7 Å². The highest BCUT2D eigenvalue weighted by Crippen LogP contribution is 2.47. The Kier molecular flexibility index (Phi) is 3.07. The minimum atomic E-state index is -0.573. The van der Waals surface area contributed by atoms with Crippen molar-refractivity contribution in [3.05, 3.63) is 32.6 Å². The van der Waals surface area contributed by atoms with Crippen LogP contribution in [-0.2, 0) is 14.2 Å². The lowest BCUT2D eigenvalue weighted by Gasteiger charge is -2.30. The van der Waals surface area contributed by atoms with Crippen molar-refractivity contribution in [3.8, 4) is 0 Å². The van der Waals surface area contributed by atoms with E-state index in [1.807, 2.05) is 6.92 Å². The Labute approximate surface area is 115 Å². The molecule has 1 aromatic rings. The Hall–Kier alpha value is -1.44. The number of hydrogen-bond acceptors (Lipinski definition) is 5. The fourth-order valence-electron chi connectivity index (χ4n) is 3.07. The largest absolute Gasteiger partial charge is 0.375 e. The number of fused-ring (bicyclic) bond motifs is 2. The van der Waals surface area contributed by atoms with Crippen LogP contribution in [0.5, 0.6) is 0 Å². The van der Waals surface area contributed by atoms with Crippen LogP contribution in [-0.4, -0.2) is 41.1 Å². The fourth-order valence-corrected chi connectivity index (χ4v) is 3.07. The van der Waals surface area contributed by atoms with Gasteiger partial charge < -0.3 is 14.2 Å². The number of H-pyrrole nitrogens is 1. The van der Waals surface area contributed by atoms with Gasteiger partial charge in [-0.2, -0.15) is 0 Å². The molecule has 7 nitrogen and oxygen atoms in total. The summed E-state index contributed by atoms with van der Waals surface area (Å²) in [6, 6.07) is 0. The summed E-state index contributed by atoms with van der Waals surface area (Å²) in [7, 11) is 1.61. The molecule has 7 heteroatoms. The summed E-state index contributed by atoms with van der Waals surface area (Å²) in [5.41, 5.74) is -0.949. The number of nitrogens with zero attached hydrogens (tertiary/aromatic N) is 1. The molecule has 20 heavy (non-hydrogen) atoms. The van der Waals surface area contributed by atoms with Crippen LogP contribution in [0.1, 0.15) is 25.1 Å². The van der Waals surface area contributed by atoms with Gasteiger partial charge >= 0.3 is 5.69 Å². The molecule has 0 saturated carbocycles. The highest BCUT2D eigenvalue weighted by Gasteiger charge is 2.61. The van der Waals surface area contributed by atoms with Crippen LogP contribution < -0.4 is 11.2 Å². The van der Waals surface area contributed by atoms with E-state index in [0.717, 1.165) is 6.42 Å². The number of rotatable bonds is 3. The Morgan fingerprint density at radius 1 is 1.55 bits per heavy atom. The van der Waals surface area contributed by atoms with Gasteiger partial charge in [0.1, 0.15) is 17.8 Å². The van der Waals surface area contributed by atoms with Crippen LogP contribution in [0.4, 0.5) is 0 Å². The molecule has 0 amide bonds. The molecule has 2 fully saturated rings. The van der Waals surface area contributed by atoms with Crippen LogP contribution in [0.2, 0.25) is 0 Å². The highest BCUT2D eigenvalue weighted by molar-refractivity contribution is 5.09. The second kappa shape index (κ2) is 4.54. The number of nitrogens with one attached hydrogen (secondary N) is 1. The molecule has 0 spiro atoms. The third kappa shape index (κ3) is 1.70. The van der Waals surface area contributed by atoms with E-state index in [1.165, 1.54) is 10.8 Å². The number of aromatic amines is 1. The van der Waals surface area contributed by atoms with E-state index in [0.29, 0.717) is 12.2 Å². The predicted molar refractivity (Wildman–Crippen MR) is 69.7 cm³/mol. The molecule has 2 bridgehead atoms. The van der Waals surface area contributed by atoms with E-state index in [9.17, 15) is 9.59 Å². The first-order valence-corrected chi connectivity index (χ1v) is 6.66. The molecule has 0 radical (unpaired) electrons. The van der Waals surface area contributed by atoms with Crippen molar-refractivity contribution < 1.29 is 14.2 Å². The first-order valence-electron chi connectivity index (χ1n) is 6.66. The monoisotopic (exact) mass is 282 g/mol. The van der Waals surface area contributed by atoms with Gasteiger partial charge in [0.2, 0.25) is 0 Å². The van der Waals surface area contributed by atoms with Gasteiger partial charge in [-0.25, -0.2) is 4.79 Å². The first-order chi connectivity index (χ1) is 9.52. The van der Waals surface area contributed by atoms with Crippen molar-refractivity contribution in [2.24, 2.45) is 0 Å². The molecule has 1 N–H and O–H groups in total. The number of aryl methyl sites for hydroxylation is 1. The van der Waals surface area contributed by atoms with E-state index in [-0.39, 0.29) is 17.8 Å². The van der Waals surface area contributed by atoms with E-state index >= 15 is 0 Å². The molecular weight excluding hydrogens is 264 g/mol. The molecule has 1 unspecified atom stereocenters. The third-order valence-corrected chi connectivity index (χ3v) is 4.25. The normalized spacial score (nSPS) is 35.6. The topological polar surface area (TPSA) is 82.5 Å². The maximum Gasteiger partial charge on any atom is 0.330 e. The fraction of sp³-hybridized carbons (Fsp3) is 0.692. The van der Waals surface area contributed by atoms with Crippen molar-refractivity contribution in [1.82, 2.24) is 9.55 Å². The summed E-state index contributed by atoms with van der Waals surface area (Å²) in [6.45, 7) is 4.10. The van der Waals surface area contributed by atoms with Crippen LogP contribution in [0, 0.1) is 6.92 Å². The zero-order valence-electron chi connectivity index (χ0n) is 11.7. The number of hydrogen-bond donors (Lipinski definition) is 1. The van der Waals surface area contributed by atoms with Crippen molar-refractivity contribution in [3.63, 3.8) is 0 Å². The van der Waals surface area contributed by atoms with Gasteiger partial charge in [-0.15, -0.1) is 0 Å². The van der Waals surface area contributed by atoms with E-state index in [2.05, 4.69) is 4.98 Å². The predicted octanol–water partition coefficient (Wildman–Crippen LogP) is -0.0636. The summed E-state index contributed by atoms with van der Waals surface area (Å²) >= 11 is 0. The minimum absolute atomic E-state index is 0.211. The van der Waals surface area contributed by atoms with Gasteiger partial charge in [-0.05, 0) is 13.3 Å². The molecule has 0 aromatic carbocycles. The van der Waals surface area contributed by atoms with Gasteiger partial charge in [0.25, 0.3) is 5.56 Å². The smallest absolute Gasteiger partial charge is 0.330 e. The van der Waals surface area contributed by atoms with E-state index in [4.69, 9.17) is 14.2 Å². The molecule has 3 rings (SSSR count). The number of aromatic nitrogens is 2. The second-order valence-corrected chi connectivity index (χ2v) is 5.34. The summed E-state index contributed by atoms with van der Waals surface area (Å²) in [5.74, 6) is 0. The van der Waals surface area contributed by atoms with Crippen LogP contribution in [0.3, 0.4) is 0 Å². The molecule has 2 saturated heterocycles. The molecule has 110 valence electrons. The van der Waals surface area contributed by atoms with Gasteiger partial charge in [-0.1, -0.05) is 6.92 Å². The molecule has 4 atom stereocenters. The van der Waals surface area contributed by atoms with Crippen molar-refractivity contribution >= 4 is 0 Å². The summed E-state index contributed by atoms with van der Waals surface area (Å²) < 4.78 is 18.7. The molecule has 1 aromatic heterocycles. The Morgan fingerprint density at radius 2 is 2.30 bits per heavy atom. The Balaban J connectivity index is 2.04. The minimum Gasteiger partial charge on any atom is -0.375 e. The second-order valence-electron chi connectivity index (χ2n) is 5.34. The molecule has 3 heterocycles. The third-order valence-electron chi connectivity index (χ3n) is 4.25. The summed E-state index contributed by atoms with van der Waals surface area (Å²) in [4.78, 5) is 25.7. The quantitative estimate of drug-likeness (QED) is 0.839. The van der Waals surface area contributed by atoms with Crippen LogP contribution >= 0.6 is 0 Å². The van der Waals surface area contributed by atoms with Crippen LogP contribution in [0.15, 0.2) is 15.8 Å². The van der Waals surface area contributed by atoms with Crippen molar-refractivity contribution in [1.29, 1.82) is 0 Å². The van der Waals surface area contributed by atoms with Crippen molar-refractivity contribution in [2.45, 2.75) is 44.3 Å². The van der Waals surface area contributed by atoms with Gasteiger partial charge in [0.05, 0.1) is 6.61 Å². The highest BCUT2D eigenvalue weighted by atomic mass is 16.7. The average Bonchev–Trinajstić information content (AvgIpc) is 2.95. The molecule has 2 aliphatic rings. The zero-order chi connectivity index (χ0) is 14.5. The van der Waals surface area contributed by atoms with Gasteiger partial charge in [0.15, 0.2) is 6.23 Å². The zero-order valence-corrected chi connectivity index (χ0v) is 11.7. The standard InChI is InChI=1S/C13H18N2O5/c1-4-13-6-19-8(9(13)18-3)11(20-13)15-5-7(2)10(16)14-12(15)17/h5,8-9,11H,4,6H2,1-3H3,(H,14,16,17)/t8-,9?,11+,13+/m0/s1. The maximum atomic E-state index is 12.0. The number of methoxy groups -OCH3 is 1. The lowest BCUT2D eigenvalue weighted by atomic mass is 9.96. The van der Waals surface area contributed by atoms with Gasteiger partial charge in [0, 0.05) is 18.9 Å². The van der Waals surface area contributed by atoms with Crippen LogP contribution in [0.25, 0.3) is 0 Å². The molecular formula is C13H18N2O5. The lowest BCUT2D eigenvalue weighted by Crippen LogP contribution is -2.41. The maximum absolute atomic E-state index is 12.0. The first kappa shape index (κ1) is 13.5. The number of ether oxygens (including phenoxy) is 3. The molecule has 0 aliphatic carbocycles. The molecule has 2 aliphatic heterocycles. The summed E-state index contributed by atoms with van der Waals surface area (Å²) in [5, 5.41) is 0.